The Labute approximate surface area is 104 Å². The van der Waals surface area contributed by atoms with Gasteiger partial charge in [-0.15, -0.1) is 0 Å². The Morgan fingerprint density at radius 3 is 2.56 bits per heavy atom. The molecule has 0 radical (unpaired) electrons. The summed E-state index contributed by atoms with van der Waals surface area (Å²) in [5.41, 5.74) is 0.806. The molecule has 0 atom stereocenters. The van der Waals surface area contributed by atoms with E-state index in [9.17, 15) is 4.79 Å². The lowest BCUT2D eigenvalue weighted by Crippen LogP contribution is -2.23. The zero-order valence-electron chi connectivity index (χ0n) is 8.87. The van der Waals surface area contributed by atoms with E-state index in [4.69, 9.17) is 28.4 Å². The first-order valence-electron chi connectivity index (χ1n) is 4.56. The maximum Gasteiger partial charge on any atom is 0.279 e. The van der Waals surface area contributed by atoms with E-state index in [1.54, 1.807) is 24.3 Å². The molecule has 0 bridgehead atoms. The summed E-state index contributed by atoms with van der Waals surface area (Å²) in [6, 6.07) is 3.28. The Morgan fingerprint density at radius 1 is 1.44 bits per heavy atom. The van der Waals surface area contributed by atoms with Gasteiger partial charge in [-0.1, -0.05) is 41.4 Å². The molecule has 0 aliphatic carbocycles. The number of hydroxylamine groups is 2. The Hall–Kier alpha value is -1.03. The smallest absolute Gasteiger partial charge is 0.279 e. The molecule has 0 fully saturated rings. The van der Waals surface area contributed by atoms with Crippen molar-refractivity contribution in [3.05, 3.63) is 39.4 Å². The van der Waals surface area contributed by atoms with E-state index in [1.165, 1.54) is 7.05 Å². The molecule has 1 rings (SSSR count). The molecule has 86 valence electrons. The second-order valence-corrected chi connectivity index (χ2v) is 3.94. The van der Waals surface area contributed by atoms with Gasteiger partial charge in [0.1, 0.15) is 0 Å². The first-order chi connectivity index (χ1) is 7.49. The van der Waals surface area contributed by atoms with Crippen LogP contribution in [0.3, 0.4) is 0 Å². The molecule has 0 saturated heterocycles. The van der Waals surface area contributed by atoms with Crippen LogP contribution in [0.25, 0.3) is 6.08 Å². The fraction of sp³-hybridized carbons (Fsp3) is 0.182. The van der Waals surface area contributed by atoms with Crippen LogP contribution < -0.4 is 0 Å². The maximum absolute atomic E-state index is 11.7. The lowest BCUT2D eigenvalue weighted by Gasteiger charge is -2.13. The summed E-state index contributed by atoms with van der Waals surface area (Å²) >= 11 is 11.8. The summed E-state index contributed by atoms with van der Waals surface area (Å²) in [6.45, 7) is 1.82. The summed E-state index contributed by atoms with van der Waals surface area (Å²) in [6.07, 6.45) is 3.49. The number of allylic oxidation sites excluding steroid dienone is 1. The first kappa shape index (κ1) is 13.0. The van der Waals surface area contributed by atoms with E-state index >= 15 is 0 Å². The minimum Gasteiger partial charge on any atom is -0.286 e. The number of benzene rings is 1. The average Bonchev–Trinajstić information content (AvgIpc) is 2.23. The lowest BCUT2D eigenvalue weighted by molar-refractivity contribution is -0.0375. The predicted molar refractivity (Wildman–Crippen MR) is 65.1 cm³/mol. The molecule has 0 unspecified atom stereocenters. The van der Waals surface area contributed by atoms with Gasteiger partial charge >= 0.3 is 0 Å². The minimum atomic E-state index is -0.597. The van der Waals surface area contributed by atoms with Crippen molar-refractivity contribution in [1.82, 2.24) is 5.06 Å². The van der Waals surface area contributed by atoms with Crippen molar-refractivity contribution < 1.29 is 10.0 Å². The molecule has 1 aromatic carbocycles. The maximum atomic E-state index is 11.7. The van der Waals surface area contributed by atoms with Crippen LogP contribution in [-0.4, -0.2) is 23.2 Å². The Morgan fingerprint density at radius 2 is 2.06 bits per heavy atom. The van der Waals surface area contributed by atoms with Crippen LogP contribution in [-0.2, 0) is 0 Å². The summed E-state index contributed by atoms with van der Waals surface area (Å²) in [4.78, 5) is 11.7. The summed E-state index contributed by atoms with van der Waals surface area (Å²) in [5, 5.41) is 10.0. The summed E-state index contributed by atoms with van der Waals surface area (Å²) in [7, 11) is 1.24. The van der Waals surface area contributed by atoms with Crippen molar-refractivity contribution in [2.75, 3.05) is 7.05 Å². The highest BCUT2D eigenvalue weighted by molar-refractivity contribution is 6.44. The molecule has 1 N–H and O–H groups in total. The van der Waals surface area contributed by atoms with Gasteiger partial charge in [-0.2, -0.15) is 0 Å². The van der Waals surface area contributed by atoms with E-state index in [-0.39, 0.29) is 15.6 Å². The topological polar surface area (TPSA) is 40.5 Å². The molecule has 16 heavy (non-hydrogen) atoms. The van der Waals surface area contributed by atoms with Crippen LogP contribution in [0.15, 0.2) is 18.2 Å². The molecule has 5 heteroatoms. The van der Waals surface area contributed by atoms with Crippen molar-refractivity contribution in [2.24, 2.45) is 0 Å². The Balaban J connectivity index is 3.43. The van der Waals surface area contributed by atoms with Gasteiger partial charge in [-0.3, -0.25) is 10.0 Å². The van der Waals surface area contributed by atoms with Crippen LogP contribution in [0.4, 0.5) is 0 Å². The van der Waals surface area contributed by atoms with E-state index in [2.05, 4.69) is 0 Å². The van der Waals surface area contributed by atoms with Crippen molar-refractivity contribution in [3.63, 3.8) is 0 Å². The molecule has 0 aliphatic heterocycles. The van der Waals surface area contributed by atoms with E-state index in [0.717, 1.165) is 0 Å². The van der Waals surface area contributed by atoms with Gasteiger partial charge in [0.2, 0.25) is 0 Å². The standard InChI is InChI=1S/C11H11Cl2NO2/c1-3-4-7-5-6-8(12)10(13)9(7)11(15)14(2)16/h3-6,16H,1-2H3. The van der Waals surface area contributed by atoms with Gasteiger partial charge in [0.25, 0.3) is 5.91 Å². The second-order valence-electron chi connectivity index (χ2n) is 3.15. The van der Waals surface area contributed by atoms with Crippen LogP contribution in [0.2, 0.25) is 10.0 Å². The largest absolute Gasteiger partial charge is 0.286 e. The highest BCUT2D eigenvalue weighted by atomic mass is 35.5. The van der Waals surface area contributed by atoms with Gasteiger partial charge < -0.3 is 0 Å². The third-order valence-corrected chi connectivity index (χ3v) is 2.79. The number of carbonyl (C=O) groups is 1. The van der Waals surface area contributed by atoms with E-state index in [1.807, 2.05) is 6.92 Å². The quantitative estimate of drug-likeness (QED) is 0.653. The number of nitrogens with zero attached hydrogens (tertiary/aromatic N) is 1. The van der Waals surface area contributed by atoms with Crippen LogP contribution in [0.1, 0.15) is 22.8 Å². The fourth-order valence-electron chi connectivity index (χ4n) is 1.26. The molecule has 3 nitrogen and oxygen atoms in total. The van der Waals surface area contributed by atoms with Crippen molar-refractivity contribution >= 4 is 35.2 Å². The molecule has 0 aliphatic rings. The SMILES string of the molecule is CC=Cc1ccc(Cl)c(Cl)c1C(=O)N(C)O. The Bertz CT molecular complexity index is 442. The molecule has 0 saturated carbocycles. The second kappa shape index (κ2) is 5.34. The third kappa shape index (κ3) is 2.55. The summed E-state index contributed by atoms with van der Waals surface area (Å²) < 4.78 is 0. The molecule has 0 spiro atoms. The fourth-order valence-corrected chi connectivity index (χ4v) is 1.67. The van der Waals surface area contributed by atoms with Crippen LogP contribution in [0, 0.1) is 0 Å². The van der Waals surface area contributed by atoms with Gasteiger partial charge in [0, 0.05) is 7.05 Å². The minimum absolute atomic E-state index is 0.142. The number of rotatable bonds is 2. The highest BCUT2D eigenvalue weighted by Crippen LogP contribution is 2.30. The van der Waals surface area contributed by atoms with Gasteiger partial charge in [-0.05, 0) is 18.6 Å². The normalized spacial score (nSPS) is 10.8. The molecular formula is C11H11Cl2NO2. The van der Waals surface area contributed by atoms with Crippen molar-refractivity contribution in [1.29, 1.82) is 0 Å². The van der Waals surface area contributed by atoms with Gasteiger partial charge in [0.15, 0.2) is 0 Å². The first-order valence-corrected chi connectivity index (χ1v) is 5.32. The Kier molecular flexibility index (Phi) is 4.35. The molecule has 1 amide bonds. The number of halogens is 2. The van der Waals surface area contributed by atoms with Gasteiger partial charge in [0.05, 0.1) is 15.6 Å². The van der Waals surface area contributed by atoms with Crippen LogP contribution in [0.5, 0.6) is 0 Å². The molecular weight excluding hydrogens is 249 g/mol. The lowest BCUT2D eigenvalue weighted by atomic mass is 10.1. The van der Waals surface area contributed by atoms with E-state index < -0.39 is 5.91 Å². The van der Waals surface area contributed by atoms with E-state index in [0.29, 0.717) is 10.6 Å². The van der Waals surface area contributed by atoms with Crippen molar-refractivity contribution in [2.45, 2.75) is 6.92 Å². The predicted octanol–water partition coefficient (Wildman–Crippen LogP) is 3.49. The van der Waals surface area contributed by atoms with Crippen molar-refractivity contribution in [3.8, 4) is 0 Å². The molecule has 0 heterocycles. The van der Waals surface area contributed by atoms with Gasteiger partial charge in [-0.25, -0.2) is 5.06 Å². The molecule has 0 aromatic heterocycles. The number of hydrogen-bond acceptors (Lipinski definition) is 2. The highest BCUT2D eigenvalue weighted by Gasteiger charge is 2.19. The van der Waals surface area contributed by atoms with Crippen LogP contribution >= 0.6 is 23.2 Å². The third-order valence-electron chi connectivity index (χ3n) is 1.98. The zero-order chi connectivity index (χ0) is 12.3. The monoisotopic (exact) mass is 259 g/mol. The summed E-state index contributed by atoms with van der Waals surface area (Å²) in [5.74, 6) is -0.597. The number of amides is 1. The molecule has 1 aromatic rings. The average molecular weight is 260 g/mol. The zero-order valence-corrected chi connectivity index (χ0v) is 10.4. The number of hydrogen-bond donors (Lipinski definition) is 1. The number of carbonyl (C=O) groups excluding carboxylic acids is 1.